The topological polar surface area (TPSA) is 62.5 Å². The van der Waals surface area contributed by atoms with Crippen molar-refractivity contribution in [3.8, 4) is 0 Å². The molecule has 1 aromatic heterocycles. The first-order chi connectivity index (χ1) is 11.8. The molecule has 1 heterocycles. The summed E-state index contributed by atoms with van der Waals surface area (Å²) in [6.07, 6.45) is 0. The van der Waals surface area contributed by atoms with E-state index < -0.39 is 11.6 Å². The number of hydrogen-bond donors (Lipinski definition) is 2. The minimum absolute atomic E-state index is 0.169. The Balaban J connectivity index is 1.99. The second kappa shape index (κ2) is 8.09. The highest BCUT2D eigenvalue weighted by atomic mass is 19.1. The van der Waals surface area contributed by atoms with Gasteiger partial charge < -0.3 is 15.2 Å². The minimum atomic E-state index is -0.593. The van der Waals surface area contributed by atoms with E-state index in [0.29, 0.717) is 18.1 Å². The number of hydrogen-bond acceptors (Lipinski definition) is 3. The van der Waals surface area contributed by atoms with Crippen LogP contribution in [0.4, 0.5) is 8.78 Å². The molecular weight excluding hydrogens is 326 g/mol. The Bertz CT molecular complexity index is 738. The highest BCUT2D eigenvalue weighted by Gasteiger charge is 2.18. The average molecular weight is 350 g/mol. The molecule has 1 aromatic carbocycles. The van der Waals surface area contributed by atoms with Gasteiger partial charge in [0.25, 0.3) is 0 Å². The summed E-state index contributed by atoms with van der Waals surface area (Å²) in [6.45, 7) is 8.27. The van der Waals surface area contributed by atoms with Crippen molar-refractivity contribution < 1.29 is 13.3 Å². The zero-order chi connectivity index (χ0) is 18.6. The monoisotopic (exact) mass is 350 g/mol. The van der Waals surface area contributed by atoms with Crippen LogP contribution in [-0.4, -0.2) is 24.7 Å². The first-order valence-electron chi connectivity index (χ1n) is 8.18. The number of aryl methyl sites for hydroxylation is 2. The normalized spacial score (nSPS) is 14.3. The zero-order valence-electron chi connectivity index (χ0n) is 15.2. The summed E-state index contributed by atoms with van der Waals surface area (Å²) in [4.78, 5) is 4.16. The molecule has 2 unspecified atom stereocenters. The number of halogens is 2. The van der Waals surface area contributed by atoms with Crippen LogP contribution < -0.4 is 10.6 Å². The van der Waals surface area contributed by atoms with E-state index in [4.69, 9.17) is 4.52 Å². The number of benzene rings is 1. The van der Waals surface area contributed by atoms with E-state index in [1.54, 1.807) is 14.0 Å². The largest absolute Gasteiger partial charge is 0.361 e. The number of nitrogens with one attached hydrogen (secondary N) is 2. The fourth-order valence-electron chi connectivity index (χ4n) is 2.88. The van der Waals surface area contributed by atoms with Gasteiger partial charge in [0.2, 0.25) is 0 Å². The highest BCUT2D eigenvalue weighted by molar-refractivity contribution is 5.80. The van der Waals surface area contributed by atoms with Crippen LogP contribution in [0.15, 0.2) is 27.7 Å². The summed E-state index contributed by atoms with van der Waals surface area (Å²) in [5.41, 5.74) is 2.32. The Morgan fingerprint density at radius 3 is 2.56 bits per heavy atom. The van der Waals surface area contributed by atoms with E-state index in [2.05, 4.69) is 27.7 Å². The van der Waals surface area contributed by atoms with Gasteiger partial charge in [-0.05, 0) is 26.8 Å². The zero-order valence-corrected chi connectivity index (χ0v) is 15.2. The average Bonchev–Trinajstić information content (AvgIpc) is 2.89. The maximum Gasteiger partial charge on any atom is 0.191 e. The van der Waals surface area contributed by atoms with Gasteiger partial charge in [-0.1, -0.05) is 18.1 Å². The van der Waals surface area contributed by atoms with Crippen LogP contribution in [0.5, 0.6) is 0 Å². The first-order valence-corrected chi connectivity index (χ1v) is 8.18. The van der Waals surface area contributed by atoms with Crippen molar-refractivity contribution in [1.29, 1.82) is 0 Å². The molecule has 0 bridgehead atoms. The smallest absolute Gasteiger partial charge is 0.191 e. The summed E-state index contributed by atoms with van der Waals surface area (Å²) >= 11 is 0. The SMILES string of the molecule is CN=C(NCC(C)c1c(C)noc1C)NC(C)c1ccc(F)cc1F. The highest BCUT2D eigenvalue weighted by Crippen LogP contribution is 2.22. The Hall–Kier alpha value is -2.44. The number of rotatable bonds is 5. The van der Waals surface area contributed by atoms with E-state index >= 15 is 0 Å². The van der Waals surface area contributed by atoms with Crippen molar-refractivity contribution in [2.75, 3.05) is 13.6 Å². The molecule has 0 aliphatic heterocycles. The van der Waals surface area contributed by atoms with Gasteiger partial charge in [0, 0.05) is 36.7 Å². The maximum atomic E-state index is 13.9. The van der Waals surface area contributed by atoms with Gasteiger partial charge in [0.05, 0.1) is 11.7 Å². The lowest BCUT2D eigenvalue weighted by Crippen LogP contribution is -2.40. The predicted molar refractivity (Wildman–Crippen MR) is 93.7 cm³/mol. The molecule has 2 N–H and O–H groups in total. The van der Waals surface area contributed by atoms with Gasteiger partial charge >= 0.3 is 0 Å². The quantitative estimate of drug-likeness (QED) is 0.639. The third-order valence-corrected chi connectivity index (χ3v) is 4.16. The van der Waals surface area contributed by atoms with Gasteiger partial charge in [-0.3, -0.25) is 4.99 Å². The van der Waals surface area contributed by atoms with Gasteiger partial charge in [-0.25, -0.2) is 8.78 Å². The summed E-state index contributed by atoms with van der Waals surface area (Å²) in [6, 6.07) is 3.19. The number of aliphatic imine (C=N–C) groups is 1. The Morgan fingerprint density at radius 2 is 2.00 bits per heavy atom. The lowest BCUT2D eigenvalue weighted by Gasteiger charge is -2.20. The third kappa shape index (κ3) is 4.55. The Labute approximate surface area is 146 Å². The van der Waals surface area contributed by atoms with E-state index in [1.165, 1.54) is 12.1 Å². The molecule has 2 aromatic rings. The van der Waals surface area contributed by atoms with Crippen molar-refractivity contribution in [1.82, 2.24) is 15.8 Å². The number of aromatic nitrogens is 1. The predicted octanol–water partition coefficient (Wildman–Crippen LogP) is 3.60. The molecule has 0 aliphatic rings. The Kier molecular flexibility index (Phi) is 6.12. The van der Waals surface area contributed by atoms with Crippen LogP contribution >= 0.6 is 0 Å². The van der Waals surface area contributed by atoms with Gasteiger partial charge in [-0.15, -0.1) is 0 Å². The van der Waals surface area contributed by atoms with Crippen molar-refractivity contribution in [2.24, 2.45) is 4.99 Å². The van der Waals surface area contributed by atoms with Crippen molar-refractivity contribution in [3.05, 3.63) is 52.4 Å². The molecule has 7 heteroatoms. The summed E-state index contributed by atoms with van der Waals surface area (Å²) in [5.74, 6) is 0.331. The molecule has 0 saturated heterocycles. The van der Waals surface area contributed by atoms with Gasteiger partial charge in [0.1, 0.15) is 17.4 Å². The van der Waals surface area contributed by atoms with Crippen molar-refractivity contribution in [3.63, 3.8) is 0 Å². The molecular formula is C18H24F2N4O. The summed E-state index contributed by atoms with van der Waals surface area (Å²) in [5, 5.41) is 10.3. The molecule has 136 valence electrons. The molecule has 2 rings (SSSR count). The van der Waals surface area contributed by atoms with Crippen LogP contribution in [0.1, 0.15) is 48.4 Å². The molecule has 0 radical (unpaired) electrons. The van der Waals surface area contributed by atoms with Crippen LogP contribution in [0, 0.1) is 25.5 Å². The van der Waals surface area contributed by atoms with E-state index in [-0.39, 0.29) is 12.0 Å². The van der Waals surface area contributed by atoms with Crippen LogP contribution in [0.3, 0.4) is 0 Å². The standard InChI is InChI=1S/C18H24F2N4O/c1-10(17-12(3)24-25-13(17)4)9-22-18(21-5)23-11(2)15-7-6-14(19)8-16(15)20/h6-8,10-11H,9H2,1-5H3,(H2,21,22,23). The minimum Gasteiger partial charge on any atom is -0.361 e. The maximum absolute atomic E-state index is 13.9. The van der Waals surface area contributed by atoms with Crippen molar-refractivity contribution >= 4 is 5.96 Å². The van der Waals surface area contributed by atoms with Crippen molar-refractivity contribution in [2.45, 2.75) is 39.7 Å². The molecule has 0 spiro atoms. The van der Waals surface area contributed by atoms with E-state index in [9.17, 15) is 8.78 Å². The lowest BCUT2D eigenvalue weighted by molar-refractivity contribution is 0.391. The molecule has 0 aliphatic carbocycles. The molecule has 0 saturated carbocycles. The molecule has 5 nitrogen and oxygen atoms in total. The van der Waals surface area contributed by atoms with Gasteiger partial charge in [-0.2, -0.15) is 0 Å². The Morgan fingerprint density at radius 1 is 1.28 bits per heavy atom. The molecule has 25 heavy (non-hydrogen) atoms. The molecule has 0 amide bonds. The summed E-state index contributed by atoms with van der Waals surface area (Å²) < 4.78 is 32.1. The van der Waals surface area contributed by atoms with Crippen LogP contribution in [-0.2, 0) is 0 Å². The second-order valence-electron chi connectivity index (χ2n) is 6.12. The number of guanidine groups is 1. The van der Waals surface area contributed by atoms with Gasteiger partial charge in [0.15, 0.2) is 5.96 Å². The van der Waals surface area contributed by atoms with E-state index in [0.717, 1.165) is 23.1 Å². The third-order valence-electron chi connectivity index (χ3n) is 4.16. The fraction of sp³-hybridized carbons (Fsp3) is 0.444. The van der Waals surface area contributed by atoms with Crippen LogP contribution in [0.2, 0.25) is 0 Å². The number of nitrogens with zero attached hydrogens (tertiary/aromatic N) is 2. The van der Waals surface area contributed by atoms with E-state index in [1.807, 2.05) is 13.8 Å². The molecule has 0 fully saturated rings. The second-order valence-corrected chi connectivity index (χ2v) is 6.12. The summed E-state index contributed by atoms with van der Waals surface area (Å²) in [7, 11) is 1.64. The first kappa shape index (κ1) is 18.9. The molecule has 2 atom stereocenters. The van der Waals surface area contributed by atoms with Crippen LogP contribution in [0.25, 0.3) is 0 Å². The lowest BCUT2D eigenvalue weighted by atomic mass is 10.00. The fourth-order valence-corrected chi connectivity index (χ4v) is 2.88.